The van der Waals surface area contributed by atoms with Crippen LogP contribution >= 0.6 is 0 Å². The third kappa shape index (κ3) is 4.54. The molecule has 5 rings (SSSR count). The van der Waals surface area contributed by atoms with Crippen LogP contribution < -0.4 is 9.47 Å². The summed E-state index contributed by atoms with van der Waals surface area (Å²) >= 11 is 0. The molecule has 5 aromatic rings. The Morgan fingerprint density at radius 1 is 0.943 bits per heavy atom. The number of hydrogen-bond acceptors (Lipinski definition) is 7. The van der Waals surface area contributed by atoms with E-state index >= 15 is 0 Å². The second kappa shape index (κ2) is 9.64. The number of methoxy groups -OCH3 is 2. The van der Waals surface area contributed by atoms with Gasteiger partial charge in [0.1, 0.15) is 6.54 Å². The van der Waals surface area contributed by atoms with E-state index in [0.29, 0.717) is 28.8 Å². The van der Waals surface area contributed by atoms with E-state index in [1.54, 1.807) is 37.0 Å². The Hall–Kier alpha value is -4.72. The number of imidazole rings is 1. The van der Waals surface area contributed by atoms with E-state index in [9.17, 15) is 4.79 Å². The van der Waals surface area contributed by atoms with Crippen molar-refractivity contribution in [3.05, 3.63) is 96.2 Å². The predicted molar refractivity (Wildman–Crippen MR) is 131 cm³/mol. The number of aromatic nitrogens is 4. The highest BCUT2D eigenvalue weighted by Crippen LogP contribution is 2.28. The molecular weight excluding hydrogens is 444 g/mol. The maximum absolute atomic E-state index is 13.2. The van der Waals surface area contributed by atoms with Crippen molar-refractivity contribution in [2.75, 3.05) is 14.2 Å². The second-order valence-corrected chi connectivity index (χ2v) is 7.69. The molecule has 0 atom stereocenters. The number of ether oxygens (including phenoxy) is 2. The van der Waals surface area contributed by atoms with Gasteiger partial charge in [-0.25, -0.2) is 4.98 Å². The number of ketones is 1. The predicted octanol–water partition coefficient (Wildman–Crippen LogP) is 5.05. The van der Waals surface area contributed by atoms with Gasteiger partial charge in [-0.3, -0.25) is 4.79 Å². The van der Waals surface area contributed by atoms with Crippen LogP contribution in [0.25, 0.3) is 28.6 Å². The van der Waals surface area contributed by atoms with Gasteiger partial charge >= 0.3 is 0 Å². The van der Waals surface area contributed by atoms with Crippen molar-refractivity contribution in [3.8, 4) is 23.0 Å². The van der Waals surface area contributed by atoms with E-state index in [0.717, 1.165) is 16.6 Å². The topological polar surface area (TPSA) is 92.3 Å². The highest BCUT2D eigenvalue weighted by molar-refractivity contribution is 6.06. The molecule has 174 valence electrons. The van der Waals surface area contributed by atoms with Crippen molar-refractivity contribution < 1.29 is 18.7 Å². The molecule has 0 saturated carbocycles. The fourth-order valence-corrected chi connectivity index (χ4v) is 3.78. The summed E-state index contributed by atoms with van der Waals surface area (Å²) in [5.74, 6) is 2.03. The SMILES string of the molecule is COc1ccc(C=CC(=O)c2nc3ccccc3n2Cc2nnc(-c3ccccc3)o2)cc1OC. The van der Waals surface area contributed by atoms with Gasteiger partial charge < -0.3 is 18.5 Å². The summed E-state index contributed by atoms with van der Waals surface area (Å²) in [7, 11) is 3.15. The third-order valence-electron chi connectivity index (χ3n) is 5.49. The summed E-state index contributed by atoms with van der Waals surface area (Å²) in [4.78, 5) is 17.8. The van der Waals surface area contributed by atoms with E-state index in [-0.39, 0.29) is 18.2 Å². The number of allylic oxidation sites excluding steroid dienone is 1. The fourth-order valence-electron chi connectivity index (χ4n) is 3.78. The second-order valence-electron chi connectivity index (χ2n) is 7.69. The van der Waals surface area contributed by atoms with Gasteiger partial charge in [0.15, 0.2) is 17.3 Å². The Balaban J connectivity index is 1.46. The minimum atomic E-state index is -0.251. The monoisotopic (exact) mass is 466 g/mol. The molecular formula is C27H22N4O4. The van der Waals surface area contributed by atoms with Gasteiger partial charge in [0.2, 0.25) is 17.6 Å². The van der Waals surface area contributed by atoms with Crippen LogP contribution in [0.15, 0.2) is 83.3 Å². The van der Waals surface area contributed by atoms with Crippen molar-refractivity contribution in [1.82, 2.24) is 19.7 Å². The van der Waals surface area contributed by atoms with E-state index < -0.39 is 0 Å². The molecule has 2 aromatic heterocycles. The number of rotatable bonds is 8. The van der Waals surface area contributed by atoms with Crippen molar-refractivity contribution >= 4 is 22.9 Å². The van der Waals surface area contributed by atoms with Crippen molar-refractivity contribution in [2.24, 2.45) is 0 Å². The molecule has 0 N–H and O–H groups in total. The van der Waals surface area contributed by atoms with Gasteiger partial charge in [0.25, 0.3) is 0 Å². The van der Waals surface area contributed by atoms with E-state index in [2.05, 4.69) is 15.2 Å². The number of carbonyl (C=O) groups excluding carboxylic acids is 1. The smallest absolute Gasteiger partial charge is 0.247 e. The Morgan fingerprint density at radius 2 is 1.71 bits per heavy atom. The average Bonchev–Trinajstić information content (AvgIpc) is 3.53. The summed E-state index contributed by atoms with van der Waals surface area (Å²) < 4.78 is 18.3. The molecule has 2 heterocycles. The van der Waals surface area contributed by atoms with Crippen LogP contribution in [0.4, 0.5) is 0 Å². The van der Waals surface area contributed by atoms with Gasteiger partial charge in [-0.1, -0.05) is 42.5 Å². The summed E-state index contributed by atoms with van der Waals surface area (Å²) in [5, 5.41) is 8.34. The zero-order valence-corrected chi connectivity index (χ0v) is 19.2. The first-order chi connectivity index (χ1) is 17.2. The standard InChI is InChI=1S/C27H22N4O4/c1-33-23-15-13-18(16-24(23)34-2)12-14-22(32)26-28-20-10-6-7-11-21(20)31(26)17-25-29-30-27(35-25)19-8-4-3-5-9-19/h3-16H,17H2,1-2H3. The number of carbonyl (C=O) groups is 1. The molecule has 0 aliphatic heterocycles. The Labute approximate surface area is 201 Å². The van der Waals surface area contributed by atoms with Gasteiger partial charge in [0.05, 0.1) is 25.3 Å². The third-order valence-corrected chi connectivity index (χ3v) is 5.49. The lowest BCUT2D eigenvalue weighted by molar-refractivity contribution is 0.103. The Bertz CT molecular complexity index is 1520. The zero-order valence-electron chi connectivity index (χ0n) is 19.2. The maximum atomic E-state index is 13.2. The molecule has 0 fully saturated rings. The van der Waals surface area contributed by atoms with Gasteiger partial charge in [0, 0.05) is 5.56 Å². The first kappa shape index (κ1) is 22.1. The molecule has 0 spiro atoms. The molecule has 0 bridgehead atoms. The highest BCUT2D eigenvalue weighted by atomic mass is 16.5. The number of benzene rings is 3. The van der Waals surface area contributed by atoms with E-state index in [1.165, 1.54) is 6.08 Å². The Morgan fingerprint density at radius 3 is 2.51 bits per heavy atom. The lowest BCUT2D eigenvalue weighted by Crippen LogP contribution is -2.10. The van der Waals surface area contributed by atoms with E-state index in [1.807, 2.05) is 60.7 Å². The number of fused-ring (bicyclic) bond motifs is 1. The lowest BCUT2D eigenvalue weighted by Gasteiger charge is -2.07. The normalized spacial score (nSPS) is 11.3. The molecule has 3 aromatic carbocycles. The Kier molecular flexibility index (Phi) is 6.09. The number of nitrogens with zero attached hydrogens (tertiary/aromatic N) is 4. The minimum Gasteiger partial charge on any atom is -0.493 e. The van der Waals surface area contributed by atoms with Crippen molar-refractivity contribution in [3.63, 3.8) is 0 Å². The van der Waals surface area contributed by atoms with Crippen LogP contribution in [0, 0.1) is 0 Å². The van der Waals surface area contributed by atoms with Crippen LogP contribution in [0.5, 0.6) is 11.5 Å². The van der Waals surface area contributed by atoms with Crippen LogP contribution in [-0.2, 0) is 6.54 Å². The summed E-state index contributed by atoms with van der Waals surface area (Å²) in [5.41, 5.74) is 3.13. The molecule has 0 aliphatic carbocycles. The largest absolute Gasteiger partial charge is 0.493 e. The molecule has 0 unspecified atom stereocenters. The molecule has 8 nitrogen and oxygen atoms in total. The maximum Gasteiger partial charge on any atom is 0.247 e. The quantitative estimate of drug-likeness (QED) is 0.233. The first-order valence-electron chi connectivity index (χ1n) is 10.9. The lowest BCUT2D eigenvalue weighted by atomic mass is 10.1. The van der Waals surface area contributed by atoms with Crippen LogP contribution in [0.3, 0.4) is 0 Å². The number of hydrogen-bond donors (Lipinski definition) is 0. The molecule has 0 saturated heterocycles. The van der Waals surface area contributed by atoms with Crippen molar-refractivity contribution in [1.29, 1.82) is 0 Å². The highest BCUT2D eigenvalue weighted by Gasteiger charge is 2.18. The molecule has 8 heteroatoms. The van der Waals surface area contributed by atoms with Gasteiger partial charge in [-0.15, -0.1) is 10.2 Å². The van der Waals surface area contributed by atoms with E-state index in [4.69, 9.17) is 13.9 Å². The van der Waals surface area contributed by atoms with Crippen LogP contribution in [0.1, 0.15) is 22.1 Å². The van der Waals surface area contributed by atoms with Gasteiger partial charge in [-0.05, 0) is 48.0 Å². The zero-order chi connectivity index (χ0) is 24.2. The average molecular weight is 466 g/mol. The molecule has 35 heavy (non-hydrogen) atoms. The summed E-state index contributed by atoms with van der Waals surface area (Å²) in [6.45, 7) is 0.214. The molecule has 0 radical (unpaired) electrons. The molecule has 0 amide bonds. The summed E-state index contributed by atoms with van der Waals surface area (Å²) in [6, 6.07) is 22.5. The fraction of sp³-hybridized carbons (Fsp3) is 0.111. The first-order valence-corrected chi connectivity index (χ1v) is 10.9. The minimum absolute atomic E-state index is 0.214. The number of para-hydroxylation sites is 2. The molecule has 0 aliphatic rings. The summed E-state index contributed by atoms with van der Waals surface area (Å²) in [6.07, 6.45) is 3.20. The van der Waals surface area contributed by atoms with Gasteiger partial charge in [-0.2, -0.15) is 0 Å². The van der Waals surface area contributed by atoms with Crippen LogP contribution in [0.2, 0.25) is 0 Å². The van der Waals surface area contributed by atoms with Crippen LogP contribution in [-0.4, -0.2) is 39.8 Å². The van der Waals surface area contributed by atoms with Crippen molar-refractivity contribution in [2.45, 2.75) is 6.54 Å².